The fourth-order valence-corrected chi connectivity index (χ4v) is 6.13. The highest BCUT2D eigenvalue weighted by molar-refractivity contribution is 7.98. The van der Waals surface area contributed by atoms with Crippen LogP contribution in [0.4, 0.5) is 5.82 Å². The van der Waals surface area contributed by atoms with Crippen LogP contribution in [0.1, 0.15) is 29.7 Å². The van der Waals surface area contributed by atoms with Crippen molar-refractivity contribution in [1.29, 1.82) is 10.5 Å². The van der Waals surface area contributed by atoms with Crippen LogP contribution in [0, 0.1) is 22.7 Å². The lowest BCUT2D eigenvalue weighted by atomic mass is 9.97. The molecule has 0 saturated carbocycles. The first kappa shape index (κ1) is 37.6. The number of rotatable bonds is 14. The number of nitrogens with one attached hydrogen (secondary N) is 1. The van der Waals surface area contributed by atoms with Gasteiger partial charge in [-0.1, -0.05) is 47.6 Å². The number of nitrogen functional groups attached to an aromatic ring is 1. The Balaban J connectivity index is 0.00000353. The van der Waals surface area contributed by atoms with Crippen LogP contribution in [0.5, 0.6) is 5.75 Å². The number of hydrogen-bond donors (Lipinski definition) is 4. The second-order valence-electron chi connectivity index (χ2n) is 9.24. The number of halogens is 3. The summed E-state index contributed by atoms with van der Waals surface area (Å²) in [5.41, 5.74) is 14.8. The summed E-state index contributed by atoms with van der Waals surface area (Å²) < 4.78 is 5.76. The molecule has 0 radical (unpaired) electrons. The lowest BCUT2D eigenvalue weighted by molar-refractivity contribution is -0.139. The van der Waals surface area contributed by atoms with Gasteiger partial charge >= 0.3 is 5.97 Å². The standard InChI is InChI=1S/C30H28ClN7O3S2.2ClH/c31-20-7-3-19(4-8-20)28-37-21(16-42-28)17-43-29-24(15-34)26(23(14-33)27(35)38-29)18-5-9-22(10-6-18)41-13-12-36-25(30(39)40)2-1-11-32;;/h3-10,16,25,36H,1-2,11-13,17,32H2,(H2,35,38)(H,39,40);2*1H. The fourth-order valence-electron chi connectivity index (χ4n) is 4.19. The maximum absolute atomic E-state index is 11.4. The number of thiazole rings is 1. The Morgan fingerprint density at radius 1 is 1.07 bits per heavy atom. The van der Waals surface area contributed by atoms with Crippen molar-refractivity contribution in [2.45, 2.75) is 29.7 Å². The molecule has 6 N–H and O–H groups in total. The summed E-state index contributed by atoms with van der Waals surface area (Å²) in [5.74, 6) is 0.107. The highest BCUT2D eigenvalue weighted by Crippen LogP contribution is 2.37. The molecule has 15 heteroatoms. The van der Waals surface area contributed by atoms with Crippen molar-refractivity contribution in [2.24, 2.45) is 5.73 Å². The van der Waals surface area contributed by atoms with Crippen molar-refractivity contribution in [3.63, 3.8) is 0 Å². The van der Waals surface area contributed by atoms with Gasteiger partial charge in [0.1, 0.15) is 52.0 Å². The van der Waals surface area contributed by atoms with E-state index in [4.69, 9.17) is 32.8 Å². The molecule has 2 heterocycles. The number of anilines is 1. The van der Waals surface area contributed by atoms with Crippen molar-refractivity contribution < 1.29 is 14.6 Å². The molecule has 10 nitrogen and oxygen atoms in total. The van der Waals surface area contributed by atoms with Gasteiger partial charge in [0.15, 0.2) is 0 Å². The van der Waals surface area contributed by atoms with E-state index in [1.54, 1.807) is 24.3 Å². The highest BCUT2D eigenvalue weighted by Gasteiger charge is 2.21. The molecule has 0 aliphatic carbocycles. The number of benzene rings is 2. The Bertz CT molecular complexity index is 1660. The van der Waals surface area contributed by atoms with Crippen LogP contribution >= 0.6 is 59.5 Å². The molecule has 1 unspecified atom stereocenters. The van der Waals surface area contributed by atoms with Crippen LogP contribution in [0.3, 0.4) is 0 Å². The zero-order chi connectivity index (χ0) is 30.8. The molecule has 4 rings (SSSR count). The number of thioether (sulfide) groups is 1. The normalized spacial score (nSPS) is 10.9. The minimum absolute atomic E-state index is 0. The number of nitriles is 2. The van der Waals surface area contributed by atoms with Crippen molar-refractivity contribution in [2.75, 3.05) is 25.4 Å². The first-order valence-corrected chi connectivity index (χ1v) is 15.4. The highest BCUT2D eigenvalue weighted by atomic mass is 35.5. The van der Waals surface area contributed by atoms with Crippen LogP contribution in [-0.4, -0.2) is 46.8 Å². The zero-order valence-electron chi connectivity index (χ0n) is 23.7. The largest absolute Gasteiger partial charge is 0.492 e. The second-order valence-corrected chi connectivity index (χ2v) is 11.5. The number of carboxylic acids is 1. The molecule has 0 aliphatic heterocycles. The molecule has 2 aromatic carbocycles. The van der Waals surface area contributed by atoms with E-state index in [-0.39, 0.29) is 48.4 Å². The number of hydrogen-bond acceptors (Lipinski definition) is 11. The quantitative estimate of drug-likeness (QED) is 0.0871. The number of pyridine rings is 1. The number of nitrogens with two attached hydrogens (primary N) is 2. The van der Waals surface area contributed by atoms with E-state index in [0.29, 0.717) is 58.6 Å². The van der Waals surface area contributed by atoms with Crippen LogP contribution in [0.2, 0.25) is 5.02 Å². The lowest BCUT2D eigenvalue weighted by Crippen LogP contribution is -2.39. The van der Waals surface area contributed by atoms with Crippen molar-refractivity contribution in [1.82, 2.24) is 15.3 Å². The van der Waals surface area contributed by atoms with Crippen molar-refractivity contribution in [3.05, 3.63) is 75.8 Å². The van der Waals surface area contributed by atoms with Crippen molar-refractivity contribution >= 4 is 71.3 Å². The van der Waals surface area contributed by atoms with E-state index >= 15 is 0 Å². The van der Waals surface area contributed by atoms with Gasteiger partial charge in [-0.2, -0.15) is 10.5 Å². The summed E-state index contributed by atoms with van der Waals surface area (Å²) in [5, 5.41) is 36.1. The number of nitrogens with zero attached hydrogens (tertiary/aromatic N) is 4. The fraction of sp³-hybridized carbons (Fsp3) is 0.233. The zero-order valence-corrected chi connectivity index (χ0v) is 27.8. The van der Waals surface area contributed by atoms with Crippen LogP contribution in [0.15, 0.2) is 58.9 Å². The van der Waals surface area contributed by atoms with Gasteiger partial charge in [0, 0.05) is 33.8 Å². The van der Waals surface area contributed by atoms with Gasteiger partial charge in [-0.3, -0.25) is 4.79 Å². The number of carboxylic acid groups (broad SMARTS) is 1. The summed E-state index contributed by atoms with van der Waals surface area (Å²) in [6, 6.07) is 18.0. The summed E-state index contributed by atoms with van der Waals surface area (Å²) >= 11 is 8.83. The van der Waals surface area contributed by atoms with Gasteiger partial charge in [0.2, 0.25) is 0 Å². The monoisotopic (exact) mass is 705 g/mol. The second kappa shape index (κ2) is 18.4. The summed E-state index contributed by atoms with van der Waals surface area (Å²) in [7, 11) is 0. The minimum Gasteiger partial charge on any atom is -0.492 e. The van der Waals surface area contributed by atoms with E-state index < -0.39 is 12.0 Å². The summed E-state index contributed by atoms with van der Waals surface area (Å²) in [6.45, 7) is 1.01. The molecule has 0 fully saturated rings. The molecule has 4 aromatic rings. The Labute approximate surface area is 286 Å². The van der Waals surface area contributed by atoms with E-state index in [1.165, 1.54) is 23.1 Å². The third-order valence-corrected chi connectivity index (χ3v) is 8.52. The first-order chi connectivity index (χ1) is 20.8. The predicted octanol–water partition coefficient (Wildman–Crippen LogP) is 6.15. The van der Waals surface area contributed by atoms with Crippen LogP contribution in [-0.2, 0) is 10.5 Å². The lowest BCUT2D eigenvalue weighted by Gasteiger charge is -2.15. The van der Waals surface area contributed by atoms with Crippen LogP contribution in [0.25, 0.3) is 21.7 Å². The Hall–Kier alpha value is -3.59. The van der Waals surface area contributed by atoms with Crippen LogP contribution < -0.4 is 21.5 Å². The minimum atomic E-state index is -0.928. The Morgan fingerprint density at radius 2 is 1.73 bits per heavy atom. The van der Waals surface area contributed by atoms with Gasteiger partial charge in [-0.15, -0.1) is 36.2 Å². The molecule has 0 amide bonds. The molecular weight excluding hydrogens is 677 g/mol. The predicted molar refractivity (Wildman–Crippen MR) is 183 cm³/mol. The molecule has 0 aliphatic rings. The third kappa shape index (κ3) is 9.95. The van der Waals surface area contributed by atoms with Gasteiger partial charge in [-0.05, 0) is 49.2 Å². The molecule has 45 heavy (non-hydrogen) atoms. The van der Waals surface area contributed by atoms with Gasteiger partial charge in [0.25, 0.3) is 0 Å². The number of aliphatic carboxylic acids is 1. The van der Waals surface area contributed by atoms with E-state index in [9.17, 15) is 20.4 Å². The van der Waals surface area contributed by atoms with E-state index in [0.717, 1.165) is 16.3 Å². The third-order valence-electron chi connectivity index (χ3n) is 6.31. The number of carbonyl (C=O) groups is 1. The molecule has 0 bridgehead atoms. The van der Waals surface area contributed by atoms with Gasteiger partial charge in [-0.25, -0.2) is 9.97 Å². The average molecular weight is 707 g/mol. The molecule has 0 spiro atoms. The first-order valence-electron chi connectivity index (χ1n) is 13.2. The Morgan fingerprint density at radius 3 is 2.36 bits per heavy atom. The van der Waals surface area contributed by atoms with E-state index in [1.807, 2.05) is 29.6 Å². The topological polar surface area (TPSA) is 184 Å². The van der Waals surface area contributed by atoms with Gasteiger partial charge in [0.05, 0.1) is 11.3 Å². The molecule has 2 aromatic heterocycles. The van der Waals surface area contributed by atoms with Crippen molar-refractivity contribution in [3.8, 4) is 39.6 Å². The smallest absolute Gasteiger partial charge is 0.320 e. The summed E-state index contributed by atoms with van der Waals surface area (Å²) in [6.07, 6.45) is 1.05. The van der Waals surface area contributed by atoms with Gasteiger partial charge < -0.3 is 26.6 Å². The summed E-state index contributed by atoms with van der Waals surface area (Å²) in [4.78, 5) is 20.4. The molecule has 0 saturated heterocycles. The maximum Gasteiger partial charge on any atom is 0.320 e. The molecule has 1 atom stereocenters. The number of ether oxygens (including phenoxy) is 1. The molecular formula is C30H30Cl3N7O3S2. The average Bonchev–Trinajstić information content (AvgIpc) is 3.49. The Kier molecular flexibility index (Phi) is 15.4. The molecule has 236 valence electrons. The SMILES string of the molecule is Cl.Cl.N#Cc1c(N)nc(SCc2csc(-c3ccc(Cl)cc3)n2)c(C#N)c1-c1ccc(OCCNC(CCCN)C(=O)O)cc1. The maximum atomic E-state index is 11.4. The van der Waals surface area contributed by atoms with E-state index in [2.05, 4.69) is 22.4 Å². The number of aromatic nitrogens is 2.